The van der Waals surface area contributed by atoms with Crippen LogP contribution in [-0.2, 0) is 24.5 Å². The van der Waals surface area contributed by atoms with Gasteiger partial charge in [-0.15, -0.1) is 0 Å². The van der Waals surface area contributed by atoms with Crippen LogP contribution in [0.3, 0.4) is 0 Å². The number of benzene rings is 6. The van der Waals surface area contributed by atoms with E-state index in [1.54, 1.807) is 0 Å². The maximum absolute atomic E-state index is 11.5. The molecule has 1 aliphatic carbocycles. The fraction of sp³-hybridized carbons (Fsp3) is 0.116. The molecule has 0 aliphatic heterocycles. The standard InChI is InChI=1S/C43H34O6/c1-3-39(44)48-27-25-46-33-19-15-31(16-20-33)43(32-17-21-34(22-18-32)47-26-28-49-40(45)4-2)41-35-11-7-5-9-29(35)13-23-37(41)38-24-14-30-10-6-8-12-36(30)42(38)43/h3-24H,1-2,25-28H2. The van der Waals surface area contributed by atoms with Crippen molar-refractivity contribution >= 4 is 33.5 Å². The zero-order valence-electron chi connectivity index (χ0n) is 26.9. The van der Waals surface area contributed by atoms with E-state index in [1.807, 2.05) is 24.3 Å². The number of carbonyl (C=O) groups excluding carboxylic acids is 2. The van der Waals surface area contributed by atoms with Gasteiger partial charge in [0.2, 0.25) is 0 Å². The van der Waals surface area contributed by atoms with Crippen LogP contribution >= 0.6 is 0 Å². The van der Waals surface area contributed by atoms with Gasteiger partial charge in [0.25, 0.3) is 0 Å². The van der Waals surface area contributed by atoms with E-state index in [9.17, 15) is 9.59 Å². The van der Waals surface area contributed by atoms with Gasteiger partial charge in [-0.2, -0.15) is 0 Å². The Morgan fingerprint density at radius 3 is 1.33 bits per heavy atom. The number of hydrogen-bond acceptors (Lipinski definition) is 6. The maximum Gasteiger partial charge on any atom is 0.330 e. The monoisotopic (exact) mass is 646 g/mol. The van der Waals surface area contributed by atoms with Crippen LogP contribution in [0.5, 0.6) is 11.5 Å². The highest BCUT2D eigenvalue weighted by Crippen LogP contribution is 2.60. The number of ether oxygens (including phenoxy) is 4. The first kappa shape index (κ1) is 31.5. The van der Waals surface area contributed by atoms with Crippen molar-refractivity contribution in [2.75, 3.05) is 26.4 Å². The number of hydrogen-bond donors (Lipinski definition) is 0. The molecule has 0 aromatic heterocycles. The highest BCUT2D eigenvalue weighted by atomic mass is 16.6. The van der Waals surface area contributed by atoms with E-state index < -0.39 is 17.4 Å². The lowest BCUT2D eigenvalue weighted by atomic mass is 9.66. The Hall–Kier alpha value is -6.14. The number of fused-ring (bicyclic) bond motifs is 7. The fourth-order valence-electron chi connectivity index (χ4n) is 6.99. The molecule has 6 aromatic rings. The summed E-state index contributed by atoms with van der Waals surface area (Å²) in [5.74, 6) is 0.380. The van der Waals surface area contributed by atoms with Crippen molar-refractivity contribution in [2.24, 2.45) is 0 Å². The lowest BCUT2D eigenvalue weighted by Gasteiger charge is -2.35. The van der Waals surface area contributed by atoms with Gasteiger partial charge in [0.15, 0.2) is 0 Å². The summed E-state index contributed by atoms with van der Waals surface area (Å²) in [4.78, 5) is 22.9. The van der Waals surface area contributed by atoms with Gasteiger partial charge in [-0.3, -0.25) is 0 Å². The van der Waals surface area contributed by atoms with E-state index >= 15 is 0 Å². The molecule has 242 valence electrons. The number of carbonyl (C=O) groups is 2. The first-order chi connectivity index (χ1) is 24.0. The molecule has 0 radical (unpaired) electrons. The number of rotatable bonds is 12. The minimum atomic E-state index is -0.706. The summed E-state index contributed by atoms with van der Waals surface area (Å²) in [5.41, 5.74) is 6.26. The third kappa shape index (κ3) is 5.72. The van der Waals surface area contributed by atoms with Crippen molar-refractivity contribution in [3.05, 3.63) is 169 Å². The molecule has 6 aromatic carbocycles. The first-order valence-corrected chi connectivity index (χ1v) is 16.1. The Morgan fingerprint density at radius 2 is 0.918 bits per heavy atom. The molecule has 49 heavy (non-hydrogen) atoms. The summed E-state index contributed by atoms with van der Waals surface area (Å²) < 4.78 is 22.1. The van der Waals surface area contributed by atoms with E-state index in [0.717, 1.165) is 34.1 Å². The Bertz CT molecular complexity index is 2040. The predicted octanol–water partition coefficient (Wildman–Crippen LogP) is 8.57. The fourth-order valence-corrected chi connectivity index (χ4v) is 6.99. The second-order valence-corrected chi connectivity index (χ2v) is 11.7. The van der Waals surface area contributed by atoms with Crippen LogP contribution in [0.1, 0.15) is 22.3 Å². The van der Waals surface area contributed by atoms with Crippen molar-refractivity contribution in [3.63, 3.8) is 0 Å². The summed E-state index contributed by atoms with van der Waals surface area (Å²) in [7, 11) is 0. The molecule has 0 saturated heterocycles. The van der Waals surface area contributed by atoms with Gasteiger partial charge in [-0.25, -0.2) is 9.59 Å². The lowest BCUT2D eigenvalue weighted by molar-refractivity contribution is -0.139. The Morgan fingerprint density at radius 1 is 0.510 bits per heavy atom. The molecule has 0 bridgehead atoms. The van der Waals surface area contributed by atoms with Gasteiger partial charge in [0.05, 0.1) is 5.41 Å². The van der Waals surface area contributed by atoms with Gasteiger partial charge >= 0.3 is 11.9 Å². The summed E-state index contributed by atoms with van der Waals surface area (Å²) in [6.07, 6.45) is 2.27. The smallest absolute Gasteiger partial charge is 0.330 e. The summed E-state index contributed by atoms with van der Waals surface area (Å²) in [6.45, 7) is 7.56. The van der Waals surface area contributed by atoms with E-state index in [4.69, 9.17) is 18.9 Å². The minimum absolute atomic E-state index is 0.125. The van der Waals surface area contributed by atoms with Gasteiger partial charge in [-0.05, 0) is 79.2 Å². The van der Waals surface area contributed by atoms with Gasteiger partial charge in [0.1, 0.15) is 37.9 Å². The molecule has 0 N–H and O–H groups in total. The van der Waals surface area contributed by atoms with Crippen molar-refractivity contribution in [3.8, 4) is 22.6 Å². The van der Waals surface area contributed by atoms with E-state index in [0.29, 0.717) is 11.5 Å². The summed E-state index contributed by atoms with van der Waals surface area (Å²) in [5, 5.41) is 4.67. The van der Waals surface area contributed by atoms with Crippen LogP contribution in [0, 0.1) is 0 Å². The van der Waals surface area contributed by atoms with Gasteiger partial charge in [0, 0.05) is 12.2 Å². The number of esters is 2. The van der Waals surface area contributed by atoms with Crippen LogP contribution in [-0.4, -0.2) is 38.4 Å². The molecule has 7 rings (SSSR count). The third-order valence-electron chi connectivity index (χ3n) is 9.00. The average Bonchev–Trinajstić information content (AvgIpc) is 3.47. The Balaban J connectivity index is 1.40. The first-order valence-electron chi connectivity index (χ1n) is 16.1. The normalized spacial score (nSPS) is 12.5. The minimum Gasteiger partial charge on any atom is -0.490 e. The zero-order valence-corrected chi connectivity index (χ0v) is 26.9. The zero-order chi connectivity index (χ0) is 33.8. The topological polar surface area (TPSA) is 71.1 Å². The predicted molar refractivity (Wildman–Crippen MR) is 192 cm³/mol. The second-order valence-electron chi connectivity index (χ2n) is 11.7. The molecule has 6 nitrogen and oxygen atoms in total. The molecule has 0 fully saturated rings. The van der Waals surface area contributed by atoms with E-state index in [1.165, 1.54) is 33.0 Å². The van der Waals surface area contributed by atoms with Crippen molar-refractivity contribution < 1.29 is 28.5 Å². The van der Waals surface area contributed by atoms with Crippen molar-refractivity contribution in [2.45, 2.75) is 5.41 Å². The van der Waals surface area contributed by atoms with E-state index in [2.05, 4.69) is 110 Å². The average molecular weight is 647 g/mol. The maximum atomic E-state index is 11.5. The van der Waals surface area contributed by atoms with Crippen LogP contribution in [0.25, 0.3) is 32.7 Å². The van der Waals surface area contributed by atoms with Gasteiger partial charge < -0.3 is 18.9 Å². The summed E-state index contributed by atoms with van der Waals surface area (Å²) in [6, 6.07) is 42.4. The lowest BCUT2D eigenvalue weighted by Crippen LogP contribution is -2.29. The molecule has 1 aliphatic rings. The molecule has 0 amide bonds. The highest BCUT2D eigenvalue weighted by Gasteiger charge is 2.48. The van der Waals surface area contributed by atoms with E-state index in [-0.39, 0.29) is 26.4 Å². The van der Waals surface area contributed by atoms with Crippen LogP contribution < -0.4 is 9.47 Å². The molecular weight excluding hydrogens is 612 g/mol. The summed E-state index contributed by atoms with van der Waals surface area (Å²) >= 11 is 0. The third-order valence-corrected chi connectivity index (χ3v) is 9.00. The molecule has 6 heteroatoms. The molecular formula is C43H34O6. The SMILES string of the molecule is C=CC(=O)OCCOc1ccc(C2(c3ccc(OCCOC(=O)C=C)cc3)c3c(ccc4ccccc34)-c3ccc4ccccc4c32)cc1. The van der Waals surface area contributed by atoms with Crippen LogP contribution in [0.15, 0.2) is 147 Å². The Kier molecular flexibility index (Phi) is 8.69. The van der Waals surface area contributed by atoms with Crippen molar-refractivity contribution in [1.82, 2.24) is 0 Å². The Labute approximate surface area is 284 Å². The molecule has 0 spiro atoms. The molecule has 0 saturated carbocycles. The van der Waals surface area contributed by atoms with Crippen molar-refractivity contribution in [1.29, 1.82) is 0 Å². The molecule has 0 atom stereocenters. The largest absolute Gasteiger partial charge is 0.490 e. The molecule has 0 heterocycles. The molecule has 0 unspecified atom stereocenters. The highest BCUT2D eigenvalue weighted by molar-refractivity contribution is 6.06. The quantitative estimate of drug-likeness (QED) is 0.0753. The second kappa shape index (κ2) is 13.5. The van der Waals surface area contributed by atoms with Crippen LogP contribution in [0.4, 0.5) is 0 Å². The van der Waals surface area contributed by atoms with Crippen LogP contribution in [0.2, 0.25) is 0 Å². The van der Waals surface area contributed by atoms with Gasteiger partial charge in [-0.1, -0.05) is 110 Å².